The standard InChI is InChI=1S/C22H26N4O3S/c1-13-7-8-18(30-13)22(29)25-11-9-16-15(12-25)20(27)24-19(23-16)17-6-3-10-26(17)21(28)14-4-2-5-14/h7-8,14,17H,2-6,9-12H2,1H3,(H,23,24,27)/t17-/m1/s1. The van der Waals surface area contributed by atoms with E-state index in [0.717, 1.165) is 49.2 Å². The monoisotopic (exact) mass is 426 g/mol. The number of H-pyrrole nitrogens is 1. The highest BCUT2D eigenvalue weighted by Gasteiger charge is 2.38. The molecule has 1 saturated carbocycles. The number of aromatic amines is 1. The van der Waals surface area contributed by atoms with Crippen molar-refractivity contribution in [2.24, 2.45) is 5.92 Å². The lowest BCUT2D eigenvalue weighted by Gasteiger charge is -2.33. The van der Waals surface area contributed by atoms with E-state index in [9.17, 15) is 14.4 Å². The minimum atomic E-state index is -0.183. The number of nitrogens with zero attached hydrogens (tertiary/aromatic N) is 3. The van der Waals surface area contributed by atoms with Crippen LogP contribution in [0.25, 0.3) is 0 Å². The summed E-state index contributed by atoms with van der Waals surface area (Å²) in [5, 5.41) is 0. The van der Waals surface area contributed by atoms with Gasteiger partial charge in [0.15, 0.2) is 0 Å². The van der Waals surface area contributed by atoms with Gasteiger partial charge in [-0.2, -0.15) is 0 Å². The van der Waals surface area contributed by atoms with Gasteiger partial charge in [0, 0.05) is 30.3 Å². The first-order valence-electron chi connectivity index (χ1n) is 10.8. The lowest BCUT2D eigenvalue weighted by atomic mass is 9.84. The molecular formula is C22H26N4O3S. The second kappa shape index (κ2) is 7.65. The van der Waals surface area contributed by atoms with Gasteiger partial charge in [-0.1, -0.05) is 6.42 Å². The van der Waals surface area contributed by atoms with Crippen LogP contribution in [0.3, 0.4) is 0 Å². The number of fused-ring (bicyclic) bond motifs is 1. The summed E-state index contributed by atoms with van der Waals surface area (Å²) in [5.74, 6) is 0.940. The summed E-state index contributed by atoms with van der Waals surface area (Å²) in [7, 11) is 0. The number of hydrogen-bond donors (Lipinski definition) is 1. The zero-order valence-corrected chi connectivity index (χ0v) is 18.0. The van der Waals surface area contributed by atoms with Gasteiger partial charge in [-0.15, -0.1) is 11.3 Å². The third kappa shape index (κ3) is 3.37. The molecule has 2 amide bonds. The van der Waals surface area contributed by atoms with Gasteiger partial charge in [0.2, 0.25) is 5.91 Å². The summed E-state index contributed by atoms with van der Waals surface area (Å²) in [5.41, 5.74) is 1.16. The zero-order chi connectivity index (χ0) is 20.8. The van der Waals surface area contributed by atoms with Crippen molar-refractivity contribution in [2.75, 3.05) is 13.1 Å². The molecule has 30 heavy (non-hydrogen) atoms. The van der Waals surface area contributed by atoms with E-state index in [0.29, 0.717) is 29.2 Å². The van der Waals surface area contributed by atoms with E-state index in [4.69, 9.17) is 4.98 Å². The van der Waals surface area contributed by atoms with Crippen molar-refractivity contribution in [1.29, 1.82) is 0 Å². The molecule has 1 saturated heterocycles. The van der Waals surface area contributed by atoms with E-state index in [1.165, 1.54) is 11.3 Å². The van der Waals surface area contributed by atoms with E-state index in [1.807, 2.05) is 24.0 Å². The van der Waals surface area contributed by atoms with Crippen LogP contribution in [0.2, 0.25) is 0 Å². The second-order valence-electron chi connectivity index (χ2n) is 8.58. The van der Waals surface area contributed by atoms with Crippen molar-refractivity contribution in [3.8, 4) is 0 Å². The molecular weight excluding hydrogens is 400 g/mol. The Hall–Kier alpha value is -2.48. The number of rotatable bonds is 3. The van der Waals surface area contributed by atoms with Crippen LogP contribution < -0.4 is 5.56 Å². The fourth-order valence-electron chi connectivity index (χ4n) is 4.69. The average molecular weight is 427 g/mol. The van der Waals surface area contributed by atoms with Crippen molar-refractivity contribution in [2.45, 2.75) is 58.0 Å². The molecule has 2 aromatic rings. The number of carbonyl (C=O) groups excluding carboxylic acids is 2. The van der Waals surface area contributed by atoms with Gasteiger partial charge in [0.25, 0.3) is 11.5 Å². The van der Waals surface area contributed by atoms with Crippen molar-refractivity contribution < 1.29 is 9.59 Å². The number of amides is 2. The molecule has 2 aromatic heterocycles. The quantitative estimate of drug-likeness (QED) is 0.818. The Morgan fingerprint density at radius 3 is 2.70 bits per heavy atom. The third-order valence-corrected chi connectivity index (χ3v) is 7.62. The van der Waals surface area contributed by atoms with E-state index >= 15 is 0 Å². The van der Waals surface area contributed by atoms with Gasteiger partial charge in [-0.3, -0.25) is 14.4 Å². The fraction of sp³-hybridized carbons (Fsp3) is 0.545. The summed E-state index contributed by atoms with van der Waals surface area (Å²) in [4.78, 5) is 51.7. The normalized spacial score (nSPS) is 21.4. The Labute approximate surface area is 179 Å². The van der Waals surface area contributed by atoms with Crippen LogP contribution in [0.15, 0.2) is 16.9 Å². The van der Waals surface area contributed by atoms with E-state index < -0.39 is 0 Å². The van der Waals surface area contributed by atoms with Crippen molar-refractivity contribution in [1.82, 2.24) is 19.8 Å². The molecule has 1 atom stereocenters. The lowest BCUT2D eigenvalue weighted by Crippen LogP contribution is -2.41. The average Bonchev–Trinajstić information content (AvgIpc) is 3.35. The first kappa shape index (κ1) is 19.5. The van der Waals surface area contributed by atoms with E-state index in [-0.39, 0.29) is 35.9 Å². The van der Waals surface area contributed by atoms with Crippen LogP contribution in [0.5, 0.6) is 0 Å². The molecule has 5 rings (SSSR count). The number of nitrogens with one attached hydrogen (secondary N) is 1. The minimum Gasteiger partial charge on any atom is -0.333 e. The van der Waals surface area contributed by atoms with Crippen LogP contribution in [0.1, 0.15) is 69.8 Å². The van der Waals surface area contributed by atoms with Crippen LogP contribution in [-0.2, 0) is 17.8 Å². The number of hydrogen-bond acceptors (Lipinski definition) is 5. The lowest BCUT2D eigenvalue weighted by molar-refractivity contribution is -0.139. The van der Waals surface area contributed by atoms with Crippen molar-refractivity contribution in [3.05, 3.63) is 49.3 Å². The third-order valence-electron chi connectivity index (χ3n) is 6.63. The summed E-state index contributed by atoms with van der Waals surface area (Å²) in [6.07, 6.45) is 5.41. The SMILES string of the molecule is Cc1ccc(C(=O)N2CCc3nc([C@H]4CCCN4C(=O)C4CCC4)[nH]c(=O)c3C2)s1. The molecule has 8 heteroatoms. The summed E-state index contributed by atoms with van der Waals surface area (Å²) < 4.78 is 0. The van der Waals surface area contributed by atoms with Gasteiger partial charge in [-0.05, 0) is 44.7 Å². The molecule has 0 bridgehead atoms. The van der Waals surface area contributed by atoms with Gasteiger partial charge >= 0.3 is 0 Å². The number of aryl methyl sites for hydroxylation is 1. The van der Waals surface area contributed by atoms with Gasteiger partial charge in [0.1, 0.15) is 5.82 Å². The van der Waals surface area contributed by atoms with E-state index in [1.54, 1.807) is 4.90 Å². The van der Waals surface area contributed by atoms with Gasteiger partial charge in [0.05, 0.1) is 28.7 Å². The molecule has 158 valence electrons. The van der Waals surface area contributed by atoms with E-state index in [2.05, 4.69) is 4.98 Å². The zero-order valence-electron chi connectivity index (χ0n) is 17.1. The molecule has 3 aliphatic rings. The highest BCUT2D eigenvalue weighted by atomic mass is 32.1. The molecule has 1 aliphatic carbocycles. The van der Waals surface area contributed by atoms with Crippen LogP contribution in [0.4, 0.5) is 0 Å². The second-order valence-corrected chi connectivity index (χ2v) is 9.87. The molecule has 0 aromatic carbocycles. The Morgan fingerprint density at radius 2 is 2.00 bits per heavy atom. The topological polar surface area (TPSA) is 86.4 Å². The Bertz CT molecular complexity index is 1050. The smallest absolute Gasteiger partial charge is 0.264 e. The Morgan fingerprint density at radius 1 is 1.17 bits per heavy atom. The van der Waals surface area contributed by atoms with Gasteiger partial charge in [-0.25, -0.2) is 4.98 Å². The Kier molecular flexibility index (Phi) is 4.97. The predicted molar refractivity (Wildman–Crippen MR) is 113 cm³/mol. The molecule has 7 nitrogen and oxygen atoms in total. The first-order valence-corrected chi connectivity index (χ1v) is 11.6. The molecule has 0 unspecified atom stereocenters. The number of thiophene rings is 1. The predicted octanol–water partition coefficient (Wildman–Crippen LogP) is 2.80. The summed E-state index contributed by atoms with van der Waals surface area (Å²) in [6, 6.07) is 3.65. The molecule has 0 spiro atoms. The number of carbonyl (C=O) groups is 2. The minimum absolute atomic E-state index is 0.0321. The summed E-state index contributed by atoms with van der Waals surface area (Å²) >= 11 is 1.48. The maximum atomic E-state index is 12.9. The van der Waals surface area contributed by atoms with Crippen LogP contribution in [-0.4, -0.2) is 44.7 Å². The first-order chi connectivity index (χ1) is 14.5. The molecule has 2 aliphatic heterocycles. The highest BCUT2D eigenvalue weighted by Crippen LogP contribution is 2.36. The molecule has 4 heterocycles. The molecule has 2 fully saturated rings. The number of aromatic nitrogens is 2. The summed E-state index contributed by atoms with van der Waals surface area (Å²) in [6.45, 7) is 3.55. The highest BCUT2D eigenvalue weighted by molar-refractivity contribution is 7.13. The van der Waals surface area contributed by atoms with Crippen molar-refractivity contribution in [3.63, 3.8) is 0 Å². The largest absolute Gasteiger partial charge is 0.333 e. The molecule has 0 radical (unpaired) electrons. The maximum absolute atomic E-state index is 12.9. The van der Waals surface area contributed by atoms with Crippen molar-refractivity contribution >= 4 is 23.2 Å². The maximum Gasteiger partial charge on any atom is 0.264 e. The van der Waals surface area contributed by atoms with Crippen LogP contribution in [0, 0.1) is 12.8 Å². The number of likely N-dealkylation sites (tertiary alicyclic amines) is 1. The fourth-order valence-corrected chi connectivity index (χ4v) is 5.52. The Balaban J connectivity index is 1.37. The van der Waals surface area contributed by atoms with Gasteiger partial charge < -0.3 is 14.8 Å². The van der Waals surface area contributed by atoms with Crippen LogP contribution >= 0.6 is 11.3 Å². The molecule has 1 N–H and O–H groups in total.